The van der Waals surface area contributed by atoms with E-state index in [-0.39, 0.29) is 0 Å². The van der Waals surface area contributed by atoms with Crippen molar-refractivity contribution in [2.24, 2.45) is 0 Å². The van der Waals surface area contributed by atoms with E-state index in [4.69, 9.17) is 5.21 Å². The van der Waals surface area contributed by atoms with Crippen LogP contribution in [0.5, 0.6) is 0 Å². The lowest BCUT2D eigenvalue weighted by Crippen LogP contribution is -2.54. The van der Waals surface area contributed by atoms with Crippen molar-refractivity contribution in [2.45, 2.75) is 31.2 Å². The average molecular weight is 171 g/mol. The molecular weight excluding hydrogens is 160 g/mol. The highest BCUT2D eigenvalue weighted by molar-refractivity contribution is 5.87. The summed E-state index contributed by atoms with van der Waals surface area (Å²) in [6.45, 7) is 0. The van der Waals surface area contributed by atoms with Gasteiger partial charge < -0.3 is 5.32 Å². The third kappa shape index (κ3) is 1.40. The summed E-state index contributed by atoms with van der Waals surface area (Å²) in [5, 5.41) is 10.7. The third-order valence-corrected chi connectivity index (χ3v) is 2.28. The monoisotopic (exact) mass is 171 g/mol. The van der Waals surface area contributed by atoms with E-state index in [1.807, 2.05) is 0 Å². The minimum absolute atomic E-state index is 0.552. The molecule has 1 radical (unpaired) electrons. The number of rotatable bonds is 3. The smallest absolute Gasteiger partial charge is 0.310 e. The first kappa shape index (κ1) is 8.99. The number of carbonyl (C=O) groups is 1. The Morgan fingerprint density at radius 3 is 2.42 bits per heavy atom. The molecule has 1 saturated carbocycles. The molecule has 0 aliphatic heterocycles. The van der Waals surface area contributed by atoms with Gasteiger partial charge >= 0.3 is 6.41 Å². The molecule has 0 aromatic heterocycles. The van der Waals surface area contributed by atoms with E-state index in [2.05, 4.69) is 5.32 Å². The Kier molecular flexibility index (Phi) is 2.65. The first-order valence-corrected chi connectivity index (χ1v) is 3.84. The van der Waals surface area contributed by atoms with Crippen LogP contribution in [0.4, 0.5) is 0 Å². The van der Waals surface area contributed by atoms with Crippen molar-refractivity contribution in [1.82, 2.24) is 10.8 Å². The molecule has 3 N–H and O–H groups in total. The summed E-state index contributed by atoms with van der Waals surface area (Å²) in [6, 6.07) is 0. The predicted molar refractivity (Wildman–Crippen MR) is 40.0 cm³/mol. The fourth-order valence-electron chi connectivity index (χ4n) is 1.59. The molecule has 0 bridgehead atoms. The van der Waals surface area contributed by atoms with Gasteiger partial charge in [0.2, 0.25) is 0 Å². The summed E-state index contributed by atoms with van der Waals surface area (Å²) >= 11 is 0. The molecule has 1 fully saturated rings. The molecular formula is C7H11N2O3. The second kappa shape index (κ2) is 3.53. The molecule has 5 nitrogen and oxygen atoms in total. The van der Waals surface area contributed by atoms with E-state index in [0.29, 0.717) is 12.8 Å². The zero-order valence-electron chi connectivity index (χ0n) is 6.59. The molecule has 0 heterocycles. The highest BCUT2D eigenvalue weighted by atomic mass is 16.5. The molecule has 1 aliphatic rings. The molecule has 0 unspecified atom stereocenters. The molecule has 0 aromatic carbocycles. The van der Waals surface area contributed by atoms with Gasteiger partial charge in [-0.15, -0.1) is 0 Å². The third-order valence-electron chi connectivity index (χ3n) is 2.28. The minimum Gasteiger partial charge on any atom is -0.333 e. The Morgan fingerprint density at radius 1 is 1.42 bits per heavy atom. The van der Waals surface area contributed by atoms with Gasteiger partial charge in [-0.1, -0.05) is 12.8 Å². The fraction of sp³-hybridized carbons (Fsp3) is 0.714. The zero-order valence-corrected chi connectivity index (χ0v) is 6.59. The second-order valence-corrected chi connectivity index (χ2v) is 2.96. The van der Waals surface area contributed by atoms with Gasteiger partial charge in [0.05, 0.1) is 0 Å². The van der Waals surface area contributed by atoms with E-state index < -0.39 is 11.4 Å². The van der Waals surface area contributed by atoms with Crippen LogP contribution in [-0.2, 0) is 9.59 Å². The van der Waals surface area contributed by atoms with Crippen molar-refractivity contribution in [3.63, 3.8) is 0 Å². The SMILES string of the molecule is O=[C]NC1(C(=O)NO)CCCC1. The summed E-state index contributed by atoms with van der Waals surface area (Å²) in [6.07, 6.45) is 4.38. The van der Waals surface area contributed by atoms with Crippen LogP contribution in [0, 0.1) is 0 Å². The Hall–Kier alpha value is -1.10. The standard InChI is InChI=1S/C7H11N2O3/c10-5-8-7(6(11)9-12)3-1-2-4-7/h12H,1-4H2,(H,8,10)(H,9,11). The summed E-state index contributed by atoms with van der Waals surface area (Å²) in [4.78, 5) is 21.2. The lowest BCUT2D eigenvalue weighted by Gasteiger charge is -2.24. The first-order chi connectivity index (χ1) is 5.75. The molecule has 0 atom stereocenters. The normalized spacial score (nSPS) is 20.1. The van der Waals surface area contributed by atoms with Crippen LogP contribution in [0.1, 0.15) is 25.7 Å². The highest BCUT2D eigenvalue weighted by Crippen LogP contribution is 2.29. The van der Waals surface area contributed by atoms with Crippen molar-refractivity contribution < 1.29 is 14.8 Å². The predicted octanol–water partition coefficient (Wildman–Crippen LogP) is -0.539. The number of hydrogen-bond acceptors (Lipinski definition) is 3. The maximum Gasteiger partial charge on any atom is 0.310 e. The molecule has 1 aliphatic carbocycles. The van der Waals surface area contributed by atoms with Gasteiger partial charge in [0.15, 0.2) is 0 Å². The van der Waals surface area contributed by atoms with E-state index in [1.54, 1.807) is 5.48 Å². The van der Waals surface area contributed by atoms with Gasteiger partial charge in [-0.3, -0.25) is 14.8 Å². The van der Waals surface area contributed by atoms with Crippen LogP contribution >= 0.6 is 0 Å². The minimum atomic E-state index is -0.920. The van der Waals surface area contributed by atoms with Crippen molar-refractivity contribution in [2.75, 3.05) is 0 Å². The molecule has 0 aromatic rings. The number of nitrogens with one attached hydrogen (secondary N) is 2. The van der Waals surface area contributed by atoms with Crippen molar-refractivity contribution in [1.29, 1.82) is 0 Å². The topological polar surface area (TPSA) is 78.4 Å². The van der Waals surface area contributed by atoms with Crippen LogP contribution in [0.3, 0.4) is 0 Å². The summed E-state index contributed by atoms with van der Waals surface area (Å²) in [5.74, 6) is -0.552. The van der Waals surface area contributed by atoms with Gasteiger partial charge in [0.1, 0.15) is 5.54 Å². The zero-order chi connectivity index (χ0) is 9.03. The van der Waals surface area contributed by atoms with Crippen LogP contribution in [0.15, 0.2) is 0 Å². The van der Waals surface area contributed by atoms with Crippen LogP contribution in [0.2, 0.25) is 0 Å². The molecule has 1 rings (SSSR count). The maximum absolute atomic E-state index is 11.1. The van der Waals surface area contributed by atoms with E-state index >= 15 is 0 Å². The Balaban J connectivity index is 2.70. The Morgan fingerprint density at radius 2 is 2.00 bits per heavy atom. The van der Waals surface area contributed by atoms with Gasteiger partial charge in [-0.05, 0) is 12.8 Å². The fourth-order valence-corrected chi connectivity index (χ4v) is 1.59. The molecule has 12 heavy (non-hydrogen) atoms. The number of hydroxylamine groups is 1. The molecule has 0 saturated heterocycles. The van der Waals surface area contributed by atoms with E-state index in [1.165, 1.54) is 6.41 Å². The molecule has 5 heteroatoms. The van der Waals surface area contributed by atoms with Gasteiger partial charge in [0, 0.05) is 0 Å². The number of carbonyl (C=O) groups excluding carboxylic acids is 2. The summed E-state index contributed by atoms with van der Waals surface area (Å²) in [7, 11) is 0. The van der Waals surface area contributed by atoms with Crippen LogP contribution in [0.25, 0.3) is 0 Å². The second-order valence-electron chi connectivity index (χ2n) is 2.96. The van der Waals surface area contributed by atoms with E-state index in [0.717, 1.165) is 12.8 Å². The van der Waals surface area contributed by atoms with Crippen molar-refractivity contribution >= 4 is 12.3 Å². The average Bonchev–Trinajstić information content (AvgIpc) is 2.53. The maximum atomic E-state index is 11.1. The molecule has 0 spiro atoms. The van der Waals surface area contributed by atoms with Gasteiger partial charge in [-0.25, -0.2) is 5.48 Å². The number of hydrogen-bond donors (Lipinski definition) is 3. The first-order valence-electron chi connectivity index (χ1n) is 3.84. The van der Waals surface area contributed by atoms with Crippen LogP contribution in [-0.4, -0.2) is 23.1 Å². The van der Waals surface area contributed by atoms with Crippen molar-refractivity contribution in [3.8, 4) is 0 Å². The number of amides is 2. The molecule has 67 valence electrons. The summed E-state index contributed by atoms with van der Waals surface area (Å²) in [5.41, 5.74) is 0.632. The largest absolute Gasteiger partial charge is 0.333 e. The quantitative estimate of drug-likeness (QED) is 0.303. The van der Waals surface area contributed by atoms with Crippen molar-refractivity contribution in [3.05, 3.63) is 0 Å². The Bertz CT molecular complexity index is 187. The summed E-state index contributed by atoms with van der Waals surface area (Å²) < 4.78 is 0. The van der Waals surface area contributed by atoms with Crippen LogP contribution < -0.4 is 10.8 Å². The highest BCUT2D eigenvalue weighted by Gasteiger charge is 2.40. The lowest BCUT2D eigenvalue weighted by molar-refractivity contribution is -0.135. The lowest BCUT2D eigenvalue weighted by atomic mass is 9.97. The van der Waals surface area contributed by atoms with Gasteiger partial charge in [0.25, 0.3) is 5.91 Å². The van der Waals surface area contributed by atoms with Gasteiger partial charge in [-0.2, -0.15) is 0 Å². The van der Waals surface area contributed by atoms with E-state index in [9.17, 15) is 9.59 Å². The Labute approximate surface area is 70.1 Å². The molecule has 2 amide bonds.